The molecule has 0 saturated heterocycles. The topological polar surface area (TPSA) is 112 Å². The van der Waals surface area contributed by atoms with E-state index in [1.165, 1.54) is 13.1 Å². The van der Waals surface area contributed by atoms with Gasteiger partial charge in [0.25, 0.3) is 0 Å². The van der Waals surface area contributed by atoms with E-state index in [1.54, 1.807) is 37.8 Å². The second kappa shape index (κ2) is 7.31. The summed E-state index contributed by atoms with van der Waals surface area (Å²) < 4.78 is 21.4. The van der Waals surface area contributed by atoms with Crippen LogP contribution in [-0.4, -0.2) is 41.7 Å². The average Bonchev–Trinajstić information content (AvgIpc) is 3.10. The molecule has 1 amide bonds. The summed E-state index contributed by atoms with van der Waals surface area (Å²) in [6, 6.07) is 7.14. The van der Waals surface area contributed by atoms with Gasteiger partial charge >= 0.3 is 0 Å². The number of pyridine rings is 3. The highest BCUT2D eigenvalue weighted by atomic mass is 32.2. The minimum atomic E-state index is -1.61. The molecular weight excluding hydrogens is 380 g/mol. The molecule has 142 valence electrons. The SMILES string of the molecule is COc1ccc2c(ncc3ncn(Cc4ccc(S(=O)NC(C)=O)cn4)c32)n1. The maximum Gasteiger partial charge on any atom is 0.228 e. The Morgan fingerprint density at radius 2 is 2.04 bits per heavy atom. The normalized spacial score (nSPS) is 12.2. The molecular formula is C18H16N6O3S. The Kier molecular flexibility index (Phi) is 4.70. The summed E-state index contributed by atoms with van der Waals surface area (Å²) in [5.74, 6) is 0.132. The van der Waals surface area contributed by atoms with Gasteiger partial charge in [0.15, 0.2) is 16.6 Å². The lowest BCUT2D eigenvalue weighted by atomic mass is 10.2. The summed E-state index contributed by atoms with van der Waals surface area (Å²) in [7, 11) is -0.0534. The Bertz CT molecular complexity index is 1210. The molecule has 0 fully saturated rings. The highest BCUT2D eigenvalue weighted by Gasteiger charge is 2.12. The Morgan fingerprint density at radius 3 is 2.75 bits per heavy atom. The van der Waals surface area contributed by atoms with Gasteiger partial charge in [-0.15, -0.1) is 0 Å². The molecule has 0 aliphatic heterocycles. The van der Waals surface area contributed by atoms with Crippen LogP contribution in [0.15, 0.2) is 47.9 Å². The highest BCUT2D eigenvalue weighted by Crippen LogP contribution is 2.24. The number of carbonyl (C=O) groups excluding carboxylic acids is 1. The summed E-state index contributed by atoms with van der Waals surface area (Å²) in [5, 5.41) is 0.860. The minimum absolute atomic E-state index is 0.363. The quantitative estimate of drug-likeness (QED) is 0.545. The van der Waals surface area contributed by atoms with E-state index < -0.39 is 11.0 Å². The first-order valence-corrected chi connectivity index (χ1v) is 9.48. The maximum absolute atomic E-state index is 12.0. The number of hydrogen-bond acceptors (Lipinski definition) is 7. The average molecular weight is 396 g/mol. The van der Waals surface area contributed by atoms with Crippen LogP contribution in [0.4, 0.5) is 0 Å². The first kappa shape index (κ1) is 18.0. The second-order valence-corrected chi connectivity index (χ2v) is 7.21. The van der Waals surface area contributed by atoms with E-state index in [2.05, 4.69) is 24.7 Å². The molecule has 4 aromatic heterocycles. The van der Waals surface area contributed by atoms with E-state index in [1.807, 2.05) is 10.6 Å². The number of imidazole rings is 1. The number of hydrogen-bond donors (Lipinski definition) is 1. The van der Waals surface area contributed by atoms with Gasteiger partial charge in [0.05, 0.1) is 42.3 Å². The number of carbonyl (C=O) groups is 1. The lowest BCUT2D eigenvalue weighted by molar-refractivity contribution is -0.117. The van der Waals surface area contributed by atoms with E-state index in [0.29, 0.717) is 23.0 Å². The van der Waals surface area contributed by atoms with Crippen molar-refractivity contribution in [1.82, 2.24) is 29.2 Å². The van der Waals surface area contributed by atoms with Crippen molar-refractivity contribution >= 4 is 39.0 Å². The molecule has 0 aliphatic rings. The van der Waals surface area contributed by atoms with Crippen molar-refractivity contribution < 1.29 is 13.7 Å². The van der Waals surface area contributed by atoms with Crippen molar-refractivity contribution in [3.63, 3.8) is 0 Å². The molecule has 28 heavy (non-hydrogen) atoms. The number of methoxy groups -OCH3 is 1. The van der Waals surface area contributed by atoms with Gasteiger partial charge in [-0.1, -0.05) is 0 Å². The van der Waals surface area contributed by atoms with Gasteiger partial charge < -0.3 is 9.30 Å². The summed E-state index contributed by atoms with van der Waals surface area (Å²) in [5.41, 5.74) is 2.98. The van der Waals surface area contributed by atoms with Crippen LogP contribution in [0.5, 0.6) is 5.88 Å². The first-order valence-electron chi connectivity index (χ1n) is 8.33. The van der Waals surface area contributed by atoms with Crippen LogP contribution in [-0.2, 0) is 22.3 Å². The third-order valence-corrected chi connectivity index (χ3v) is 5.21. The molecule has 1 N–H and O–H groups in total. The predicted molar refractivity (Wildman–Crippen MR) is 103 cm³/mol. The van der Waals surface area contributed by atoms with Gasteiger partial charge in [-0.3, -0.25) is 14.5 Å². The van der Waals surface area contributed by atoms with Crippen LogP contribution >= 0.6 is 0 Å². The Labute approximate surface area is 162 Å². The molecule has 1 unspecified atom stereocenters. The van der Waals surface area contributed by atoms with Gasteiger partial charge in [-0.05, 0) is 18.2 Å². The predicted octanol–water partition coefficient (Wildman–Crippen LogP) is 1.59. The third-order valence-electron chi connectivity index (χ3n) is 4.07. The van der Waals surface area contributed by atoms with E-state index in [4.69, 9.17) is 4.74 Å². The summed E-state index contributed by atoms with van der Waals surface area (Å²) in [6.45, 7) is 1.78. The molecule has 9 nitrogen and oxygen atoms in total. The third kappa shape index (κ3) is 3.41. The Hall–Kier alpha value is -3.40. The van der Waals surface area contributed by atoms with E-state index in [0.717, 1.165) is 22.1 Å². The van der Waals surface area contributed by atoms with Crippen LogP contribution in [0.2, 0.25) is 0 Å². The van der Waals surface area contributed by atoms with Crippen LogP contribution in [0.3, 0.4) is 0 Å². The lowest BCUT2D eigenvalue weighted by Crippen LogP contribution is -2.22. The van der Waals surface area contributed by atoms with Crippen LogP contribution in [0.1, 0.15) is 12.6 Å². The summed E-state index contributed by atoms with van der Waals surface area (Å²) >= 11 is 0. The molecule has 0 aliphatic carbocycles. The number of ether oxygens (including phenoxy) is 1. The zero-order valence-corrected chi connectivity index (χ0v) is 15.9. The largest absolute Gasteiger partial charge is 0.481 e. The van der Waals surface area contributed by atoms with Crippen molar-refractivity contribution in [2.75, 3.05) is 7.11 Å². The molecule has 1 atom stereocenters. The van der Waals surface area contributed by atoms with Crippen molar-refractivity contribution in [1.29, 1.82) is 0 Å². The Morgan fingerprint density at radius 1 is 1.18 bits per heavy atom. The van der Waals surface area contributed by atoms with Crippen molar-refractivity contribution in [2.45, 2.75) is 18.4 Å². The number of amides is 1. The van der Waals surface area contributed by atoms with Crippen LogP contribution in [0, 0.1) is 0 Å². The fourth-order valence-corrected chi connectivity index (χ4v) is 3.55. The van der Waals surface area contributed by atoms with Crippen molar-refractivity contribution in [3.05, 3.63) is 48.7 Å². The van der Waals surface area contributed by atoms with Crippen LogP contribution < -0.4 is 9.46 Å². The molecule has 0 bridgehead atoms. The van der Waals surface area contributed by atoms with Crippen molar-refractivity contribution in [2.24, 2.45) is 0 Å². The second-order valence-electron chi connectivity index (χ2n) is 6.00. The monoisotopic (exact) mass is 396 g/mol. The van der Waals surface area contributed by atoms with Gasteiger partial charge in [-0.2, -0.15) is 4.98 Å². The maximum atomic E-state index is 12.0. The number of nitrogens with zero attached hydrogens (tertiary/aromatic N) is 5. The summed E-state index contributed by atoms with van der Waals surface area (Å²) in [6.07, 6.45) is 4.89. The minimum Gasteiger partial charge on any atom is -0.481 e. The fourth-order valence-electron chi connectivity index (χ4n) is 2.83. The van der Waals surface area contributed by atoms with Gasteiger partial charge in [0, 0.05) is 24.6 Å². The first-order chi connectivity index (χ1) is 13.5. The zero-order valence-electron chi connectivity index (χ0n) is 15.1. The van der Waals surface area contributed by atoms with Crippen molar-refractivity contribution in [3.8, 4) is 5.88 Å². The van der Waals surface area contributed by atoms with Gasteiger partial charge in [0.2, 0.25) is 11.8 Å². The van der Waals surface area contributed by atoms with Gasteiger partial charge in [0.1, 0.15) is 5.52 Å². The standard InChI is InChI=1S/C18H16N6O3S/c1-11(25)23-28(26)13-4-3-12(19-7-13)9-24-10-21-15-8-20-18-14(17(15)24)5-6-16(22-18)27-2/h3-8,10H,9H2,1-2H3,(H,23,25). The van der Waals surface area contributed by atoms with E-state index >= 15 is 0 Å². The molecule has 0 aromatic carbocycles. The molecule has 4 rings (SSSR count). The number of rotatable bonds is 5. The molecule has 0 radical (unpaired) electrons. The molecule has 0 spiro atoms. The van der Waals surface area contributed by atoms with Crippen LogP contribution in [0.25, 0.3) is 22.1 Å². The Balaban J connectivity index is 1.67. The molecule has 4 aromatic rings. The zero-order chi connectivity index (χ0) is 19.7. The number of aromatic nitrogens is 5. The van der Waals surface area contributed by atoms with E-state index in [9.17, 15) is 9.00 Å². The van der Waals surface area contributed by atoms with Gasteiger partial charge in [-0.25, -0.2) is 14.2 Å². The fraction of sp³-hybridized carbons (Fsp3) is 0.167. The highest BCUT2D eigenvalue weighted by molar-refractivity contribution is 7.83. The molecule has 10 heteroatoms. The molecule has 0 saturated carbocycles. The molecule has 4 heterocycles. The lowest BCUT2D eigenvalue weighted by Gasteiger charge is -2.08. The smallest absolute Gasteiger partial charge is 0.228 e. The summed E-state index contributed by atoms with van der Waals surface area (Å²) in [4.78, 5) is 28.9. The number of fused-ring (bicyclic) bond motifs is 3. The van der Waals surface area contributed by atoms with E-state index in [-0.39, 0.29) is 5.91 Å². The number of nitrogens with one attached hydrogen (secondary N) is 1.